The summed E-state index contributed by atoms with van der Waals surface area (Å²) in [5.41, 5.74) is 1.07. The van der Waals surface area contributed by atoms with Gasteiger partial charge in [0.2, 0.25) is 21.8 Å². The van der Waals surface area contributed by atoms with Gasteiger partial charge in [0.1, 0.15) is 18.1 Å². The topological polar surface area (TPSA) is 128 Å². The van der Waals surface area contributed by atoms with Gasteiger partial charge in [-0.1, -0.05) is 11.2 Å². The summed E-state index contributed by atoms with van der Waals surface area (Å²) in [5, 5.41) is 8.91. The molecule has 10 heteroatoms. The number of benzene rings is 2. The fraction of sp³-hybridized carbons (Fsp3) is 0.316. The fourth-order valence-corrected chi connectivity index (χ4v) is 3.90. The first-order valence-electron chi connectivity index (χ1n) is 9.05. The third-order valence-corrected chi connectivity index (χ3v) is 5.48. The fourth-order valence-electron chi connectivity index (χ4n) is 3.45. The molecule has 152 valence electrons. The van der Waals surface area contributed by atoms with Gasteiger partial charge in [0, 0.05) is 13.0 Å². The maximum atomic E-state index is 12.3. The average molecular weight is 417 g/mol. The number of rotatable bonds is 6. The van der Waals surface area contributed by atoms with Gasteiger partial charge in [0.25, 0.3) is 0 Å². The molecule has 0 saturated carbocycles. The van der Waals surface area contributed by atoms with Gasteiger partial charge in [-0.2, -0.15) is 0 Å². The standard InChI is InChI=1S/C19H19N3O6S/c1-29(25,26)20-8-9-27-12-3-4-13-11(10-12)2-6-15-17(13)18(22-28-15)14-5-7-16(23)21-19(14)24/h2-4,6,10,14,20H,5,7-9H2,1H3,(H,21,23,24)/t14-/m1/s1. The lowest BCUT2D eigenvalue weighted by Gasteiger charge is -2.19. The number of fused-ring (bicyclic) bond motifs is 3. The first kappa shape index (κ1) is 19.3. The van der Waals surface area contributed by atoms with Crippen molar-refractivity contribution in [3.8, 4) is 5.75 Å². The van der Waals surface area contributed by atoms with Crippen LogP contribution in [0.5, 0.6) is 5.75 Å². The molecule has 1 aromatic heterocycles. The van der Waals surface area contributed by atoms with Crippen LogP contribution in [0.25, 0.3) is 21.7 Å². The highest BCUT2D eigenvalue weighted by atomic mass is 32.2. The lowest BCUT2D eigenvalue weighted by Crippen LogP contribution is -2.39. The smallest absolute Gasteiger partial charge is 0.235 e. The Morgan fingerprint density at radius 1 is 1.28 bits per heavy atom. The van der Waals surface area contributed by atoms with Gasteiger partial charge >= 0.3 is 0 Å². The van der Waals surface area contributed by atoms with Crippen LogP contribution in [0.4, 0.5) is 0 Å². The van der Waals surface area contributed by atoms with Crippen molar-refractivity contribution in [2.75, 3.05) is 19.4 Å². The molecule has 1 aliphatic rings. The molecule has 1 atom stereocenters. The number of nitrogens with one attached hydrogen (secondary N) is 2. The summed E-state index contributed by atoms with van der Waals surface area (Å²) >= 11 is 0. The van der Waals surface area contributed by atoms with Crippen molar-refractivity contribution in [1.29, 1.82) is 0 Å². The van der Waals surface area contributed by atoms with Crippen LogP contribution in [0.15, 0.2) is 34.9 Å². The maximum absolute atomic E-state index is 12.3. The number of aromatic nitrogens is 1. The third-order valence-electron chi connectivity index (χ3n) is 4.76. The SMILES string of the molecule is CS(=O)(=O)NCCOc1ccc2c(ccc3onc([C@H]4CCC(=O)NC4=O)c32)c1. The first-order chi connectivity index (χ1) is 13.8. The summed E-state index contributed by atoms with van der Waals surface area (Å²) in [4.78, 5) is 23.7. The van der Waals surface area contributed by atoms with E-state index in [4.69, 9.17) is 9.26 Å². The summed E-state index contributed by atoms with van der Waals surface area (Å²) in [6.07, 6.45) is 1.74. The van der Waals surface area contributed by atoms with Gasteiger partial charge < -0.3 is 9.26 Å². The van der Waals surface area contributed by atoms with Crippen molar-refractivity contribution in [2.45, 2.75) is 18.8 Å². The van der Waals surface area contributed by atoms with Crippen LogP contribution in [0.1, 0.15) is 24.5 Å². The number of carbonyl (C=O) groups is 2. The Kier molecular flexibility index (Phi) is 4.97. The largest absolute Gasteiger partial charge is 0.492 e. The number of carbonyl (C=O) groups excluding carboxylic acids is 2. The van der Waals surface area contributed by atoms with Crippen LogP contribution in [0.3, 0.4) is 0 Å². The van der Waals surface area contributed by atoms with E-state index in [1.54, 1.807) is 12.1 Å². The minimum Gasteiger partial charge on any atom is -0.492 e. The molecular weight excluding hydrogens is 398 g/mol. The highest BCUT2D eigenvalue weighted by Gasteiger charge is 2.32. The molecule has 2 amide bonds. The highest BCUT2D eigenvalue weighted by molar-refractivity contribution is 7.88. The van der Waals surface area contributed by atoms with Crippen LogP contribution in [-0.2, 0) is 19.6 Å². The molecule has 2 heterocycles. The summed E-state index contributed by atoms with van der Waals surface area (Å²) in [6.45, 7) is 0.358. The maximum Gasteiger partial charge on any atom is 0.235 e. The van der Waals surface area contributed by atoms with E-state index in [0.29, 0.717) is 23.4 Å². The Hall–Kier alpha value is -2.98. The predicted molar refractivity (Wildman–Crippen MR) is 105 cm³/mol. The third kappa shape index (κ3) is 4.08. The van der Waals surface area contributed by atoms with Crippen molar-refractivity contribution < 1.29 is 27.3 Å². The Balaban J connectivity index is 1.63. The van der Waals surface area contributed by atoms with Crippen molar-refractivity contribution in [1.82, 2.24) is 15.2 Å². The highest BCUT2D eigenvalue weighted by Crippen LogP contribution is 2.36. The summed E-state index contributed by atoms with van der Waals surface area (Å²) < 4.78 is 35.6. The molecule has 9 nitrogen and oxygen atoms in total. The van der Waals surface area contributed by atoms with Crippen LogP contribution < -0.4 is 14.8 Å². The normalized spacial score (nSPS) is 17.6. The number of hydrogen-bond donors (Lipinski definition) is 2. The van der Waals surface area contributed by atoms with E-state index < -0.39 is 15.9 Å². The van der Waals surface area contributed by atoms with Crippen molar-refractivity contribution in [3.63, 3.8) is 0 Å². The monoisotopic (exact) mass is 417 g/mol. The quantitative estimate of drug-likeness (QED) is 0.459. The molecule has 3 aromatic rings. The zero-order chi connectivity index (χ0) is 20.6. The van der Waals surface area contributed by atoms with Crippen LogP contribution in [0.2, 0.25) is 0 Å². The summed E-state index contributed by atoms with van der Waals surface area (Å²) in [6, 6.07) is 9.08. The van der Waals surface area contributed by atoms with Crippen molar-refractivity contribution in [3.05, 3.63) is 36.0 Å². The second kappa shape index (κ2) is 7.45. The number of sulfonamides is 1. The van der Waals surface area contributed by atoms with E-state index in [2.05, 4.69) is 15.2 Å². The minimum absolute atomic E-state index is 0.168. The Morgan fingerprint density at radius 2 is 2.10 bits per heavy atom. The molecule has 4 rings (SSSR count). The lowest BCUT2D eigenvalue weighted by molar-refractivity contribution is -0.134. The number of imide groups is 1. The van der Waals surface area contributed by atoms with E-state index in [0.717, 1.165) is 22.4 Å². The zero-order valence-corrected chi connectivity index (χ0v) is 16.4. The molecular formula is C19H19N3O6S. The van der Waals surface area contributed by atoms with Crippen LogP contribution in [0, 0.1) is 0 Å². The lowest BCUT2D eigenvalue weighted by atomic mass is 9.91. The van der Waals surface area contributed by atoms with Gasteiger partial charge in [-0.05, 0) is 41.5 Å². The van der Waals surface area contributed by atoms with E-state index >= 15 is 0 Å². The van der Waals surface area contributed by atoms with Gasteiger partial charge in [-0.3, -0.25) is 14.9 Å². The van der Waals surface area contributed by atoms with Crippen molar-refractivity contribution in [2.24, 2.45) is 0 Å². The average Bonchev–Trinajstić information content (AvgIpc) is 3.08. The van der Waals surface area contributed by atoms with Gasteiger partial charge in [-0.15, -0.1) is 0 Å². The van der Waals surface area contributed by atoms with Gasteiger partial charge in [-0.25, -0.2) is 13.1 Å². The molecule has 29 heavy (non-hydrogen) atoms. The summed E-state index contributed by atoms with van der Waals surface area (Å²) in [5.74, 6) is -0.605. The summed E-state index contributed by atoms with van der Waals surface area (Å²) in [7, 11) is -3.26. The second-order valence-corrected chi connectivity index (χ2v) is 8.74. The van der Waals surface area contributed by atoms with E-state index in [1.807, 2.05) is 18.2 Å². The van der Waals surface area contributed by atoms with E-state index in [-0.39, 0.29) is 31.4 Å². The van der Waals surface area contributed by atoms with E-state index in [9.17, 15) is 18.0 Å². The molecule has 0 radical (unpaired) electrons. The molecule has 2 N–H and O–H groups in total. The number of nitrogens with zero attached hydrogens (tertiary/aromatic N) is 1. The second-order valence-electron chi connectivity index (χ2n) is 6.91. The molecule has 1 aliphatic heterocycles. The van der Waals surface area contributed by atoms with Crippen LogP contribution in [-0.4, -0.2) is 44.8 Å². The molecule has 0 unspecified atom stereocenters. The van der Waals surface area contributed by atoms with Gasteiger partial charge in [0.05, 0.1) is 17.6 Å². The Morgan fingerprint density at radius 3 is 2.86 bits per heavy atom. The Labute approximate surface area is 166 Å². The zero-order valence-electron chi connectivity index (χ0n) is 15.6. The number of ether oxygens (including phenoxy) is 1. The molecule has 0 aliphatic carbocycles. The molecule has 1 saturated heterocycles. The molecule has 0 spiro atoms. The molecule has 0 bridgehead atoms. The van der Waals surface area contributed by atoms with Gasteiger partial charge in [0.15, 0.2) is 5.58 Å². The van der Waals surface area contributed by atoms with Crippen molar-refractivity contribution >= 4 is 43.6 Å². The van der Waals surface area contributed by atoms with E-state index in [1.165, 1.54) is 0 Å². The molecule has 2 aromatic carbocycles. The number of amides is 2. The number of piperidine rings is 1. The first-order valence-corrected chi connectivity index (χ1v) is 10.9. The predicted octanol–water partition coefficient (Wildman–Crippen LogP) is 1.43. The molecule has 1 fully saturated rings. The Bertz CT molecular complexity index is 1220. The number of hydrogen-bond acceptors (Lipinski definition) is 7. The van der Waals surface area contributed by atoms with Crippen LogP contribution >= 0.6 is 0 Å². The minimum atomic E-state index is -3.26.